The van der Waals surface area contributed by atoms with Gasteiger partial charge in [-0.05, 0) is 25.5 Å². The molecule has 0 aliphatic rings. The number of hydrogen-bond donors (Lipinski definition) is 1. The standard InChI is InChI=1S/C13H12ClF3N2O/c1-7-3-4-10(8(2)5-7)19-12(14)9(6-20)11(18-19)13(15,16)17/h3-5,20H,6H2,1-2H3. The molecule has 0 aliphatic carbocycles. The highest BCUT2D eigenvalue weighted by Gasteiger charge is 2.39. The van der Waals surface area contributed by atoms with Crippen LogP contribution in [-0.2, 0) is 12.8 Å². The summed E-state index contributed by atoms with van der Waals surface area (Å²) in [5, 5.41) is 12.4. The number of hydrogen-bond acceptors (Lipinski definition) is 2. The van der Waals surface area contributed by atoms with Gasteiger partial charge in [0.2, 0.25) is 0 Å². The smallest absolute Gasteiger partial charge is 0.391 e. The number of nitrogens with zero attached hydrogens (tertiary/aromatic N) is 2. The predicted octanol–water partition coefficient (Wildman–Crippen LogP) is 3.65. The van der Waals surface area contributed by atoms with Gasteiger partial charge in [-0.25, -0.2) is 4.68 Å². The minimum absolute atomic E-state index is 0.230. The maximum absolute atomic E-state index is 12.9. The van der Waals surface area contributed by atoms with Crippen molar-refractivity contribution in [1.29, 1.82) is 0 Å². The van der Waals surface area contributed by atoms with Crippen LogP contribution in [0.3, 0.4) is 0 Å². The molecule has 20 heavy (non-hydrogen) atoms. The minimum Gasteiger partial charge on any atom is -0.391 e. The lowest BCUT2D eigenvalue weighted by atomic mass is 10.1. The predicted molar refractivity (Wildman–Crippen MR) is 69.0 cm³/mol. The normalized spacial score (nSPS) is 11.9. The third-order valence-corrected chi connectivity index (χ3v) is 3.32. The molecule has 108 valence electrons. The first-order valence-electron chi connectivity index (χ1n) is 5.78. The highest BCUT2D eigenvalue weighted by Crippen LogP contribution is 2.36. The summed E-state index contributed by atoms with van der Waals surface area (Å²) in [6.45, 7) is 2.81. The van der Waals surface area contributed by atoms with E-state index in [1.165, 1.54) is 0 Å². The van der Waals surface area contributed by atoms with E-state index in [1.807, 2.05) is 13.0 Å². The van der Waals surface area contributed by atoms with Gasteiger partial charge in [0.1, 0.15) is 5.15 Å². The van der Waals surface area contributed by atoms with Crippen LogP contribution in [-0.4, -0.2) is 14.9 Å². The molecule has 0 fully saturated rings. The van der Waals surface area contributed by atoms with E-state index in [0.29, 0.717) is 5.69 Å². The fourth-order valence-electron chi connectivity index (χ4n) is 2.00. The zero-order chi connectivity index (χ0) is 15.1. The van der Waals surface area contributed by atoms with Crippen molar-refractivity contribution in [3.05, 3.63) is 45.7 Å². The monoisotopic (exact) mass is 304 g/mol. The third-order valence-electron chi connectivity index (χ3n) is 2.93. The first kappa shape index (κ1) is 14.9. The Morgan fingerprint density at radius 3 is 2.40 bits per heavy atom. The molecule has 1 aromatic heterocycles. The van der Waals surface area contributed by atoms with E-state index in [-0.39, 0.29) is 5.15 Å². The van der Waals surface area contributed by atoms with Crippen molar-refractivity contribution in [2.75, 3.05) is 0 Å². The molecule has 1 N–H and O–H groups in total. The van der Waals surface area contributed by atoms with Crippen LogP contribution in [0.2, 0.25) is 5.15 Å². The minimum atomic E-state index is -4.66. The second kappa shape index (κ2) is 5.10. The van der Waals surface area contributed by atoms with Crippen LogP contribution in [0.4, 0.5) is 13.2 Å². The zero-order valence-electron chi connectivity index (χ0n) is 10.8. The lowest BCUT2D eigenvalue weighted by Gasteiger charge is -2.08. The van der Waals surface area contributed by atoms with Gasteiger partial charge < -0.3 is 5.11 Å². The zero-order valence-corrected chi connectivity index (χ0v) is 11.5. The van der Waals surface area contributed by atoms with Crippen molar-refractivity contribution in [2.45, 2.75) is 26.6 Å². The molecule has 0 unspecified atom stereocenters. The Hall–Kier alpha value is -1.53. The Bertz CT molecular complexity index is 650. The first-order chi connectivity index (χ1) is 9.25. The fourth-order valence-corrected chi connectivity index (χ4v) is 2.28. The van der Waals surface area contributed by atoms with E-state index >= 15 is 0 Å². The van der Waals surface area contributed by atoms with Crippen molar-refractivity contribution >= 4 is 11.6 Å². The van der Waals surface area contributed by atoms with Crippen molar-refractivity contribution in [3.63, 3.8) is 0 Å². The van der Waals surface area contributed by atoms with Crippen LogP contribution in [0, 0.1) is 13.8 Å². The van der Waals surface area contributed by atoms with Crippen LogP contribution in [0.25, 0.3) is 5.69 Å². The number of halogens is 4. The van der Waals surface area contributed by atoms with Gasteiger partial charge >= 0.3 is 6.18 Å². The molecule has 3 nitrogen and oxygen atoms in total. The molecule has 0 bridgehead atoms. The average Bonchev–Trinajstić information content (AvgIpc) is 2.66. The molecule has 0 amide bonds. The van der Waals surface area contributed by atoms with Crippen LogP contribution in [0.5, 0.6) is 0 Å². The number of aliphatic hydroxyl groups excluding tert-OH is 1. The highest BCUT2D eigenvalue weighted by atomic mass is 35.5. The maximum atomic E-state index is 12.9. The van der Waals surface area contributed by atoms with E-state index in [9.17, 15) is 13.2 Å². The Morgan fingerprint density at radius 2 is 1.95 bits per heavy atom. The van der Waals surface area contributed by atoms with Crippen LogP contribution < -0.4 is 0 Å². The second-order valence-corrected chi connectivity index (χ2v) is 4.83. The molecule has 2 rings (SSSR count). The highest BCUT2D eigenvalue weighted by molar-refractivity contribution is 6.30. The largest absolute Gasteiger partial charge is 0.435 e. The van der Waals surface area contributed by atoms with Gasteiger partial charge in [-0.1, -0.05) is 29.3 Å². The molecule has 0 atom stereocenters. The van der Waals surface area contributed by atoms with Crippen molar-refractivity contribution in [2.24, 2.45) is 0 Å². The van der Waals surface area contributed by atoms with E-state index in [2.05, 4.69) is 5.10 Å². The molecule has 0 saturated heterocycles. The van der Waals surface area contributed by atoms with Gasteiger partial charge in [0.15, 0.2) is 5.69 Å². The molecule has 1 heterocycles. The van der Waals surface area contributed by atoms with Crippen LogP contribution in [0.15, 0.2) is 18.2 Å². The molecule has 0 saturated carbocycles. The Balaban J connectivity index is 2.67. The summed E-state index contributed by atoms with van der Waals surface area (Å²) >= 11 is 5.92. The summed E-state index contributed by atoms with van der Waals surface area (Å²) in [4.78, 5) is 0. The Kier molecular flexibility index (Phi) is 3.80. The van der Waals surface area contributed by atoms with E-state index in [0.717, 1.165) is 15.8 Å². The number of aliphatic hydroxyl groups is 1. The molecule has 1 aromatic carbocycles. The summed E-state index contributed by atoms with van der Waals surface area (Å²) < 4.78 is 39.6. The number of rotatable bonds is 2. The third kappa shape index (κ3) is 2.53. The first-order valence-corrected chi connectivity index (χ1v) is 6.16. The van der Waals surface area contributed by atoms with Gasteiger partial charge in [0, 0.05) is 5.56 Å². The van der Waals surface area contributed by atoms with E-state index in [4.69, 9.17) is 16.7 Å². The Labute approximate surface area is 118 Å². The summed E-state index contributed by atoms with van der Waals surface area (Å²) in [6.07, 6.45) is -4.66. The lowest BCUT2D eigenvalue weighted by molar-refractivity contribution is -0.142. The molecule has 2 aromatic rings. The van der Waals surface area contributed by atoms with Crippen molar-refractivity contribution < 1.29 is 18.3 Å². The Morgan fingerprint density at radius 1 is 1.30 bits per heavy atom. The lowest BCUT2D eigenvalue weighted by Crippen LogP contribution is -2.10. The van der Waals surface area contributed by atoms with Gasteiger partial charge in [-0.3, -0.25) is 0 Å². The molecular formula is C13H12ClF3N2O. The van der Waals surface area contributed by atoms with Crippen LogP contribution in [0.1, 0.15) is 22.4 Å². The molecule has 0 aliphatic heterocycles. The fraction of sp³-hybridized carbons (Fsp3) is 0.308. The molecule has 7 heteroatoms. The van der Waals surface area contributed by atoms with Gasteiger partial charge in [0.25, 0.3) is 0 Å². The SMILES string of the molecule is Cc1ccc(-n2nc(C(F)(F)F)c(CO)c2Cl)c(C)c1. The van der Waals surface area contributed by atoms with E-state index < -0.39 is 24.0 Å². The average molecular weight is 305 g/mol. The number of aromatic nitrogens is 2. The maximum Gasteiger partial charge on any atom is 0.435 e. The van der Waals surface area contributed by atoms with Gasteiger partial charge in [-0.2, -0.15) is 18.3 Å². The van der Waals surface area contributed by atoms with Crippen molar-refractivity contribution in [1.82, 2.24) is 9.78 Å². The summed E-state index contributed by atoms with van der Waals surface area (Å²) in [5.74, 6) is 0. The number of benzene rings is 1. The summed E-state index contributed by atoms with van der Waals surface area (Å²) in [7, 11) is 0. The molecule has 0 radical (unpaired) electrons. The van der Waals surface area contributed by atoms with Crippen LogP contribution >= 0.6 is 11.6 Å². The van der Waals surface area contributed by atoms with Crippen molar-refractivity contribution in [3.8, 4) is 5.69 Å². The van der Waals surface area contributed by atoms with Gasteiger partial charge in [0.05, 0.1) is 12.3 Å². The number of alkyl halides is 3. The second-order valence-electron chi connectivity index (χ2n) is 4.48. The summed E-state index contributed by atoms with van der Waals surface area (Å²) in [6, 6.07) is 5.22. The molecular weight excluding hydrogens is 293 g/mol. The quantitative estimate of drug-likeness (QED) is 0.919. The van der Waals surface area contributed by atoms with Gasteiger partial charge in [-0.15, -0.1) is 0 Å². The topological polar surface area (TPSA) is 38.0 Å². The number of aryl methyl sites for hydroxylation is 2. The summed E-state index contributed by atoms with van der Waals surface area (Å²) in [5.41, 5.74) is 0.593. The molecule has 0 spiro atoms. The van der Waals surface area contributed by atoms with E-state index in [1.54, 1.807) is 19.1 Å².